The highest BCUT2D eigenvalue weighted by molar-refractivity contribution is 5.29. The van der Waals surface area contributed by atoms with Crippen LogP contribution in [0.1, 0.15) is 72.6 Å². The Hall–Kier alpha value is -1.04. The van der Waals surface area contributed by atoms with Crippen LogP contribution in [0.15, 0.2) is 23.8 Å². The molecule has 4 heterocycles. The van der Waals surface area contributed by atoms with Gasteiger partial charge < -0.3 is 64.2 Å². The third-order valence-corrected chi connectivity index (χ3v) is 15.0. The summed E-state index contributed by atoms with van der Waals surface area (Å²) in [6.45, 7) is 12.6. The van der Waals surface area contributed by atoms with E-state index in [1.165, 1.54) is 6.92 Å². The lowest BCUT2D eigenvalue weighted by Crippen LogP contribution is -2.63. The number of hydrogen-bond acceptors (Lipinski definition) is 13. The number of rotatable bonds is 4. The van der Waals surface area contributed by atoms with Crippen LogP contribution in [-0.2, 0) is 28.4 Å². The van der Waals surface area contributed by atoms with E-state index in [0.29, 0.717) is 37.7 Å². The first kappa shape index (κ1) is 36.9. The van der Waals surface area contributed by atoms with Crippen molar-refractivity contribution in [1.29, 1.82) is 0 Å². The first-order chi connectivity index (χ1) is 24.1. The molecule has 4 aliphatic carbocycles. The van der Waals surface area contributed by atoms with Crippen LogP contribution in [0.2, 0.25) is 0 Å². The van der Waals surface area contributed by atoms with E-state index in [9.17, 15) is 35.7 Å². The van der Waals surface area contributed by atoms with Crippen molar-refractivity contribution in [3.63, 3.8) is 0 Å². The maximum Gasteiger partial charge on any atom is 0.198 e. The predicted octanol–water partition coefficient (Wildman–Crippen LogP) is 0.891. The largest absolute Gasteiger partial charge is 0.393 e. The average Bonchev–Trinajstić information content (AvgIpc) is 3.54. The molecule has 0 radical (unpaired) electrons. The van der Waals surface area contributed by atoms with Gasteiger partial charge in [0.05, 0.1) is 37.6 Å². The maximum absolute atomic E-state index is 11.2. The van der Waals surface area contributed by atoms with Crippen molar-refractivity contribution in [1.82, 2.24) is 0 Å². The highest BCUT2D eigenvalue weighted by atomic mass is 16.8. The molecule has 288 valence electrons. The van der Waals surface area contributed by atoms with Gasteiger partial charge in [0.25, 0.3) is 0 Å². The van der Waals surface area contributed by atoms with E-state index in [0.717, 1.165) is 36.8 Å². The fourth-order valence-corrected chi connectivity index (χ4v) is 12.3. The van der Waals surface area contributed by atoms with Crippen LogP contribution in [-0.4, -0.2) is 134 Å². The molecule has 0 amide bonds. The second kappa shape index (κ2) is 13.0. The van der Waals surface area contributed by atoms with Gasteiger partial charge in [-0.2, -0.15) is 0 Å². The molecule has 0 bridgehead atoms. The highest BCUT2D eigenvalue weighted by Crippen LogP contribution is 2.71. The summed E-state index contributed by atoms with van der Waals surface area (Å²) in [5, 5.41) is 75.3. The van der Waals surface area contributed by atoms with Crippen LogP contribution in [0, 0.1) is 40.4 Å². The summed E-state index contributed by atoms with van der Waals surface area (Å²) in [7, 11) is 0. The molecule has 7 fully saturated rings. The van der Waals surface area contributed by atoms with Crippen molar-refractivity contribution in [2.45, 2.75) is 158 Å². The van der Waals surface area contributed by atoms with Crippen LogP contribution in [0.3, 0.4) is 0 Å². The summed E-state index contributed by atoms with van der Waals surface area (Å²) in [6, 6.07) is 0. The van der Waals surface area contributed by atoms with E-state index in [1.807, 2.05) is 0 Å². The van der Waals surface area contributed by atoms with Crippen LogP contribution < -0.4 is 0 Å². The molecular weight excluding hydrogens is 664 g/mol. The molecule has 0 aromatic heterocycles. The van der Waals surface area contributed by atoms with Crippen molar-refractivity contribution < 1.29 is 64.2 Å². The Kier molecular flexibility index (Phi) is 9.43. The third-order valence-electron chi connectivity index (χ3n) is 15.0. The molecule has 7 N–H and O–H groups in total. The molecule has 0 aromatic carbocycles. The standard InChI is InChI=1S/C38H58O13/c1-16-10-26(41)38(47-14-16)17(2)28-25(51-38)13-23-21-7-6-19-11-20(39)12-27(37(19,5)22(21)8-9-36(23,28)4)49-35-33(30(43)24(40)15-46-35)50-34-32(45)31(44)29(42)18(3)48-34/h6,17-18,20-35,39-45H,1,7-15H2,2-5H3/t17-,18-,20+,21+,22-,23-,24-,25-,26-,27+,28-,29-,30-,31+,32+,33+,34-,35-,36-,37-,38-/m0/s1. The molecule has 13 nitrogen and oxygen atoms in total. The fourth-order valence-electron chi connectivity index (χ4n) is 12.3. The quantitative estimate of drug-likeness (QED) is 0.202. The van der Waals surface area contributed by atoms with Crippen LogP contribution in [0.5, 0.6) is 0 Å². The zero-order chi connectivity index (χ0) is 36.4. The monoisotopic (exact) mass is 722 g/mol. The molecule has 3 saturated carbocycles. The molecule has 51 heavy (non-hydrogen) atoms. The van der Waals surface area contributed by atoms with Crippen molar-refractivity contribution in [2.75, 3.05) is 13.2 Å². The minimum Gasteiger partial charge on any atom is -0.393 e. The molecule has 0 aromatic rings. The Balaban J connectivity index is 1.04. The van der Waals surface area contributed by atoms with Gasteiger partial charge in [0.15, 0.2) is 18.4 Å². The Morgan fingerprint density at radius 3 is 2.39 bits per heavy atom. The van der Waals surface area contributed by atoms with Gasteiger partial charge in [0.1, 0.15) is 42.7 Å². The maximum atomic E-state index is 11.2. The lowest BCUT2D eigenvalue weighted by atomic mass is 9.46. The number of hydrogen-bond donors (Lipinski definition) is 7. The van der Waals surface area contributed by atoms with Gasteiger partial charge in [-0.25, -0.2) is 0 Å². The van der Waals surface area contributed by atoms with Crippen molar-refractivity contribution in [3.8, 4) is 0 Å². The normalized spacial score (nSPS) is 58.4. The Bertz CT molecular complexity index is 1380. The summed E-state index contributed by atoms with van der Waals surface area (Å²) in [6.07, 6.45) is -6.62. The second-order valence-corrected chi connectivity index (χ2v) is 17.6. The van der Waals surface area contributed by atoms with E-state index >= 15 is 0 Å². The van der Waals surface area contributed by atoms with E-state index < -0.39 is 84.8 Å². The number of fused-ring (bicyclic) bond motifs is 7. The van der Waals surface area contributed by atoms with Crippen molar-refractivity contribution >= 4 is 0 Å². The van der Waals surface area contributed by atoms with Gasteiger partial charge in [0, 0.05) is 24.2 Å². The minimum atomic E-state index is -1.62. The van der Waals surface area contributed by atoms with E-state index in [4.69, 9.17) is 28.4 Å². The summed E-state index contributed by atoms with van der Waals surface area (Å²) in [4.78, 5) is 0. The topological polar surface area (TPSA) is 197 Å². The second-order valence-electron chi connectivity index (χ2n) is 17.6. The van der Waals surface area contributed by atoms with Crippen molar-refractivity contribution in [3.05, 3.63) is 23.8 Å². The number of ether oxygens (including phenoxy) is 6. The highest BCUT2D eigenvalue weighted by Gasteiger charge is 2.71. The Morgan fingerprint density at radius 2 is 1.65 bits per heavy atom. The summed E-state index contributed by atoms with van der Waals surface area (Å²) in [5.41, 5.74) is 1.55. The van der Waals surface area contributed by atoms with E-state index in [2.05, 4.69) is 33.4 Å². The van der Waals surface area contributed by atoms with Gasteiger partial charge in [0.2, 0.25) is 0 Å². The number of aliphatic hydroxyl groups is 7. The molecule has 1 spiro atoms. The molecular formula is C38H58O13. The Labute approximate surface area is 299 Å². The van der Waals surface area contributed by atoms with Gasteiger partial charge in [-0.1, -0.05) is 39.0 Å². The number of aliphatic hydroxyl groups excluding tert-OH is 7. The lowest BCUT2D eigenvalue weighted by Gasteiger charge is -2.60. The van der Waals surface area contributed by atoms with Crippen LogP contribution >= 0.6 is 0 Å². The third kappa shape index (κ3) is 5.51. The van der Waals surface area contributed by atoms with Gasteiger partial charge in [-0.3, -0.25) is 0 Å². The zero-order valence-electron chi connectivity index (χ0n) is 30.1. The molecule has 4 saturated heterocycles. The molecule has 0 unspecified atom stereocenters. The molecule has 8 aliphatic rings. The first-order valence-corrected chi connectivity index (χ1v) is 19.1. The molecule has 21 atom stereocenters. The predicted molar refractivity (Wildman–Crippen MR) is 178 cm³/mol. The summed E-state index contributed by atoms with van der Waals surface area (Å²) in [5.74, 6) is 0.192. The fraction of sp³-hybridized carbons (Fsp3) is 0.895. The molecule has 13 heteroatoms. The Morgan fingerprint density at radius 1 is 0.882 bits per heavy atom. The average molecular weight is 723 g/mol. The molecule has 8 rings (SSSR count). The summed E-state index contributed by atoms with van der Waals surface area (Å²) < 4.78 is 37.5. The number of allylic oxidation sites excluding steroid dienone is 1. The van der Waals surface area contributed by atoms with Crippen LogP contribution in [0.4, 0.5) is 0 Å². The van der Waals surface area contributed by atoms with Gasteiger partial charge >= 0.3 is 0 Å². The summed E-state index contributed by atoms with van der Waals surface area (Å²) >= 11 is 0. The molecule has 4 aliphatic heterocycles. The first-order valence-electron chi connectivity index (χ1n) is 19.1. The zero-order valence-corrected chi connectivity index (χ0v) is 30.1. The van der Waals surface area contributed by atoms with Gasteiger partial charge in [-0.15, -0.1) is 0 Å². The smallest absolute Gasteiger partial charge is 0.198 e. The van der Waals surface area contributed by atoms with E-state index in [-0.39, 0.29) is 35.9 Å². The van der Waals surface area contributed by atoms with E-state index in [1.54, 1.807) is 0 Å². The minimum absolute atomic E-state index is 0.0136. The van der Waals surface area contributed by atoms with Crippen LogP contribution in [0.25, 0.3) is 0 Å². The SMILES string of the molecule is C=C1CO[C@@]2(O[C@H]3C[C@H]4[C@@H]5CC=C6C[C@@H](O)C[C@@H](O[C@@H]7OC[C@H](O)[C@H](O)[C@H]7O[C@@H]7O[C@@H](C)[C@H](O)[C@@H](O)[C@H]7O)[C@]6(C)[C@H]5CC[C@]4(C)[C@H]3[C@@H]2C)[C@@H](O)C1. The lowest BCUT2D eigenvalue weighted by molar-refractivity contribution is -0.362. The van der Waals surface area contributed by atoms with Crippen molar-refractivity contribution in [2.24, 2.45) is 40.4 Å². The van der Waals surface area contributed by atoms with Gasteiger partial charge in [-0.05, 0) is 73.7 Å².